The highest BCUT2D eigenvalue weighted by Gasteiger charge is 2.05. The molecule has 1 rings (SSSR count). The molecule has 0 aliphatic heterocycles. The van der Waals surface area contributed by atoms with E-state index in [-0.39, 0.29) is 24.5 Å². The normalized spacial score (nSPS) is 27.2. The summed E-state index contributed by atoms with van der Waals surface area (Å²) < 4.78 is 91.1. The Bertz CT molecular complexity index is 687. The van der Waals surface area contributed by atoms with Crippen LogP contribution in [-0.2, 0) is 11.1 Å². The van der Waals surface area contributed by atoms with E-state index in [0.717, 1.165) is 6.92 Å². The molecule has 0 aromatic heterocycles. The van der Waals surface area contributed by atoms with Crippen molar-refractivity contribution >= 4 is 0 Å². The molecule has 4 nitrogen and oxygen atoms in total. The minimum Gasteiger partial charge on any atom is -0.491 e. The van der Waals surface area contributed by atoms with Crippen molar-refractivity contribution in [1.82, 2.24) is 5.32 Å². The fourth-order valence-corrected chi connectivity index (χ4v) is 1.24. The molecule has 2 N–H and O–H groups in total. The molecule has 4 heteroatoms. The Morgan fingerprint density at radius 1 is 1.47 bits per heavy atom. The first-order valence-electron chi connectivity index (χ1n) is 11.2. The zero-order valence-corrected chi connectivity index (χ0v) is 10.6. The van der Waals surface area contributed by atoms with Gasteiger partial charge in [0.1, 0.15) is 18.5 Å². The van der Waals surface area contributed by atoms with Crippen molar-refractivity contribution in [2.75, 3.05) is 26.7 Å². The second kappa shape index (κ2) is 8.91. The Balaban J connectivity index is 2.71. The molecule has 2 atom stereocenters. The fraction of sp³-hybridized carbons (Fsp3) is 0.600. The van der Waals surface area contributed by atoms with Crippen LogP contribution in [0.2, 0.25) is 0 Å². The number of rotatable bonds is 9. The monoisotopic (exact) mass is 278 g/mol. The molecule has 0 saturated heterocycles. The van der Waals surface area contributed by atoms with Crippen LogP contribution in [0.4, 0.5) is 0 Å². The lowest BCUT2D eigenvalue weighted by molar-refractivity contribution is 0.104. The molecular weight excluding hydrogens is 242 g/mol. The van der Waals surface area contributed by atoms with E-state index in [0.29, 0.717) is 0 Å². The van der Waals surface area contributed by atoms with Gasteiger partial charge in [0.05, 0.1) is 13.4 Å². The number of hydrogen-bond acceptors (Lipinski definition) is 4. The van der Waals surface area contributed by atoms with Crippen molar-refractivity contribution in [2.24, 2.45) is 0 Å². The van der Waals surface area contributed by atoms with Crippen LogP contribution in [0.5, 0.6) is 5.75 Å². The second-order valence-corrected chi connectivity index (χ2v) is 3.82. The topological polar surface area (TPSA) is 50.7 Å². The largest absolute Gasteiger partial charge is 0.491 e. The van der Waals surface area contributed by atoms with E-state index in [9.17, 15) is 5.11 Å². The van der Waals surface area contributed by atoms with Gasteiger partial charge in [0, 0.05) is 27.8 Å². The lowest BCUT2D eigenvalue weighted by Gasteiger charge is -2.15. The Kier molecular flexibility index (Phi) is 2.87. The van der Waals surface area contributed by atoms with Crippen LogP contribution in [0, 0.1) is 0 Å². The van der Waals surface area contributed by atoms with Crippen LogP contribution in [0.25, 0.3) is 0 Å². The summed E-state index contributed by atoms with van der Waals surface area (Å²) >= 11 is 0. The van der Waals surface area contributed by atoms with E-state index >= 15 is 0 Å². The van der Waals surface area contributed by atoms with E-state index in [1.54, 1.807) is 0 Å². The van der Waals surface area contributed by atoms with E-state index in [1.807, 2.05) is 0 Å². The van der Waals surface area contributed by atoms with Crippen molar-refractivity contribution in [2.45, 2.75) is 32.3 Å². The molecule has 0 aliphatic rings. The predicted octanol–water partition coefficient (Wildman–Crippen LogP) is 1.61. The van der Waals surface area contributed by atoms with Gasteiger partial charge in [-0.05, 0) is 24.1 Å². The first-order chi connectivity index (χ1) is 13.3. The molecule has 0 saturated carbocycles. The van der Waals surface area contributed by atoms with Crippen LogP contribution in [0.1, 0.15) is 34.4 Å². The van der Waals surface area contributed by atoms with E-state index in [2.05, 4.69) is 10.1 Å². The highest BCUT2D eigenvalue weighted by atomic mass is 16.5. The number of aryl methyl sites for hydroxylation is 1. The SMILES string of the molecule is [2H]C([2H])([2H])OC([2H])([2H])C([2H])([2H])c1ccc(OCC(O)CNC([2H])(C)C([2H])([2H])[2H])cc1. The lowest BCUT2D eigenvalue weighted by Crippen LogP contribution is -2.35. The highest BCUT2D eigenvalue weighted by Crippen LogP contribution is 2.12. The van der Waals surface area contributed by atoms with Crippen molar-refractivity contribution < 1.29 is 29.7 Å². The molecule has 2 unspecified atom stereocenters. The average molecular weight is 278 g/mol. The number of nitrogens with one attached hydrogen (secondary N) is 1. The summed E-state index contributed by atoms with van der Waals surface area (Å²) in [6.45, 7) is -5.02. The molecule has 19 heavy (non-hydrogen) atoms. The second-order valence-electron chi connectivity index (χ2n) is 3.82. The quantitative estimate of drug-likeness (QED) is 0.720. The summed E-state index contributed by atoms with van der Waals surface area (Å²) in [5.74, 6) is 0.204. The summed E-state index contributed by atoms with van der Waals surface area (Å²) in [6, 6.07) is 3.04. The predicted molar refractivity (Wildman–Crippen MR) is 76.7 cm³/mol. The Hall–Kier alpha value is -1.10. The summed E-state index contributed by atoms with van der Waals surface area (Å²) in [4.78, 5) is 0. The van der Waals surface area contributed by atoms with Gasteiger partial charge in [-0.2, -0.15) is 0 Å². The molecule has 0 bridgehead atoms. The minimum absolute atomic E-state index is 0.186. The molecule has 1 aromatic rings. The molecule has 0 spiro atoms. The number of aliphatic hydroxyl groups is 1. The van der Waals surface area contributed by atoms with E-state index in [1.165, 1.54) is 24.3 Å². The van der Waals surface area contributed by atoms with Crippen molar-refractivity contribution in [3.05, 3.63) is 29.8 Å². The van der Waals surface area contributed by atoms with Crippen LogP contribution in [0.15, 0.2) is 24.3 Å². The van der Waals surface area contributed by atoms with Crippen LogP contribution >= 0.6 is 0 Å². The molecule has 0 radical (unpaired) electrons. The van der Waals surface area contributed by atoms with Crippen LogP contribution in [0.3, 0.4) is 0 Å². The van der Waals surface area contributed by atoms with Gasteiger partial charge in [-0.25, -0.2) is 0 Å². The Labute approximate surface area is 131 Å². The Morgan fingerprint density at radius 2 is 2.26 bits per heavy atom. The first-order valence-corrected chi connectivity index (χ1v) is 5.65. The average Bonchev–Trinajstić information content (AvgIpc) is 2.55. The van der Waals surface area contributed by atoms with Gasteiger partial charge in [-0.3, -0.25) is 0 Å². The third kappa shape index (κ3) is 7.15. The third-order valence-electron chi connectivity index (χ3n) is 2.15. The first kappa shape index (κ1) is 6.12. The zero-order chi connectivity index (χ0) is 23.6. The van der Waals surface area contributed by atoms with Gasteiger partial charge in [0.2, 0.25) is 0 Å². The third-order valence-corrected chi connectivity index (χ3v) is 2.15. The van der Waals surface area contributed by atoms with Crippen molar-refractivity contribution in [3.63, 3.8) is 0 Å². The van der Waals surface area contributed by atoms with Crippen LogP contribution < -0.4 is 10.1 Å². The number of aliphatic hydroxyl groups excluding tert-OH is 1. The summed E-state index contributed by atoms with van der Waals surface area (Å²) in [5, 5.41) is 12.3. The number of ether oxygens (including phenoxy) is 2. The molecule has 1 aromatic carbocycles. The van der Waals surface area contributed by atoms with Crippen molar-refractivity contribution in [3.8, 4) is 5.75 Å². The van der Waals surface area contributed by atoms with Crippen LogP contribution in [-0.4, -0.2) is 44.0 Å². The van der Waals surface area contributed by atoms with Gasteiger partial charge in [0.25, 0.3) is 0 Å². The molecule has 108 valence electrons. The molecule has 0 fully saturated rings. The van der Waals surface area contributed by atoms with Gasteiger partial charge >= 0.3 is 0 Å². The number of hydrogen-bond donors (Lipinski definition) is 2. The highest BCUT2D eigenvalue weighted by molar-refractivity contribution is 5.27. The van der Waals surface area contributed by atoms with Gasteiger partial charge in [0.15, 0.2) is 0 Å². The zero-order valence-electron chi connectivity index (χ0n) is 21.6. The van der Waals surface area contributed by atoms with Gasteiger partial charge < -0.3 is 19.9 Å². The summed E-state index contributed by atoms with van der Waals surface area (Å²) in [5.41, 5.74) is -0.186. The molecule has 0 heterocycles. The lowest BCUT2D eigenvalue weighted by atomic mass is 10.1. The molecule has 0 amide bonds. The Morgan fingerprint density at radius 3 is 2.95 bits per heavy atom. The summed E-state index contributed by atoms with van der Waals surface area (Å²) in [6.07, 6.45) is -3.91. The number of methoxy groups -OCH3 is 1. The smallest absolute Gasteiger partial charge is 0.119 e. The molecular formula is C15H25NO3. The fourth-order valence-electron chi connectivity index (χ4n) is 1.24. The van der Waals surface area contributed by atoms with E-state index in [4.69, 9.17) is 19.8 Å². The minimum atomic E-state index is -3.13. The molecule has 0 aliphatic carbocycles. The standard InChI is InChI=1S/C15H25NO3/c1-12(2)16-10-14(17)11-19-15-6-4-13(5-7-15)8-9-18-3/h4-7,12,14,16-17H,8-11H2,1-3H3/i1D3,3D3,8D2,9D2,12D. The van der Waals surface area contributed by atoms with Crippen molar-refractivity contribution in [1.29, 1.82) is 0 Å². The maximum Gasteiger partial charge on any atom is 0.119 e. The maximum atomic E-state index is 9.90. The number of benzene rings is 1. The summed E-state index contributed by atoms with van der Waals surface area (Å²) in [7, 11) is -3.13. The van der Waals surface area contributed by atoms with E-state index < -0.39 is 38.9 Å². The maximum absolute atomic E-state index is 9.90. The van der Waals surface area contributed by atoms with Gasteiger partial charge in [-0.15, -0.1) is 0 Å². The van der Waals surface area contributed by atoms with Gasteiger partial charge in [-0.1, -0.05) is 25.9 Å².